The van der Waals surface area contributed by atoms with Crippen LogP contribution in [-0.4, -0.2) is 102 Å². The molecule has 3 aliphatic carbocycles. The van der Waals surface area contributed by atoms with Gasteiger partial charge in [-0.25, -0.2) is 18.2 Å². The number of methoxy groups -OCH3 is 1. The number of carboxylic acid groups (broad SMARTS) is 1. The highest BCUT2D eigenvalue weighted by molar-refractivity contribution is 7.91. The van der Waals surface area contributed by atoms with Crippen LogP contribution in [-0.2, 0) is 29.2 Å². The van der Waals surface area contributed by atoms with Crippen LogP contribution >= 0.6 is 0 Å². The van der Waals surface area contributed by atoms with Crippen LogP contribution in [0, 0.1) is 11.8 Å². The Hall–Kier alpha value is -5.49. The molecule has 65 heavy (non-hydrogen) atoms. The third-order valence-electron chi connectivity index (χ3n) is 12.9. The van der Waals surface area contributed by atoms with Gasteiger partial charge in [0.1, 0.15) is 29.2 Å². The predicted molar refractivity (Wildman–Crippen MR) is 237 cm³/mol. The Kier molecular flexibility index (Phi) is 14.6. The number of nitrogens with zero attached hydrogens (tertiary/aromatic N) is 2. The first-order valence-electron chi connectivity index (χ1n) is 22.3. The average molecular weight is 924 g/mol. The van der Waals surface area contributed by atoms with Crippen molar-refractivity contribution in [3.05, 3.63) is 72.8 Å². The molecule has 2 aliphatic heterocycles. The minimum absolute atomic E-state index is 0.128. The largest absolute Gasteiger partial charge is 0.496 e. The zero-order valence-corrected chi connectivity index (χ0v) is 37.1. The SMILES string of the molecule is C=C[C@@H]1C[C@]1(NC(=O)[C@@H]1C[C@@H]2CN1C(=O)[C@H](C1CCCCC1)NCCCCC/C=C/c1cc3c(cc(-c4ccccc4)nc3cc1OC)O2)C(=O)NS(=O)(=O)C1CC1.O=C(O)C(F)(F)F. The number of hydrogen-bond acceptors (Lipinski definition) is 10. The van der Waals surface area contributed by atoms with Crippen molar-refractivity contribution in [1.82, 2.24) is 25.2 Å². The van der Waals surface area contributed by atoms with Gasteiger partial charge >= 0.3 is 12.1 Å². The van der Waals surface area contributed by atoms with Crippen molar-refractivity contribution in [3.63, 3.8) is 0 Å². The van der Waals surface area contributed by atoms with E-state index in [1.54, 1.807) is 18.1 Å². The maximum atomic E-state index is 15.0. The number of alkyl halides is 3. The number of amides is 3. The lowest BCUT2D eigenvalue weighted by molar-refractivity contribution is -0.192. The van der Waals surface area contributed by atoms with Gasteiger partial charge in [0, 0.05) is 41.0 Å². The van der Waals surface area contributed by atoms with Crippen molar-refractivity contribution < 1.29 is 55.3 Å². The van der Waals surface area contributed by atoms with Crippen molar-refractivity contribution in [1.29, 1.82) is 0 Å². The number of rotatable bonds is 9. The Morgan fingerprint density at radius 3 is 2.38 bits per heavy atom. The molecule has 5 atom stereocenters. The predicted octanol–water partition coefficient (Wildman–Crippen LogP) is 6.69. The molecule has 5 aliphatic rings. The Morgan fingerprint density at radius 2 is 1.74 bits per heavy atom. The summed E-state index contributed by atoms with van der Waals surface area (Å²) in [6.07, 6.45) is 10.4. The Balaban J connectivity index is 0.000000833. The summed E-state index contributed by atoms with van der Waals surface area (Å²) in [5.41, 5.74) is 1.70. The van der Waals surface area contributed by atoms with Crippen molar-refractivity contribution in [3.8, 4) is 22.8 Å². The molecule has 350 valence electrons. The Morgan fingerprint density at radius 1 is 1.03 bits per heavy atom. The molecule has 3 heterocycles. The maximum absolute atomic E-state index is 15.0. The van der Waals surface area contributed by atoms with Crippen LogP contribution < -0.4 is 24.8 Å². The number of carbonyl (C=O) groups excluding carboxylic acids is 3. The van der Waals surface area contributed by atoms with E-state index in [1.165, 1.54) is 0 Å². The normalized spacial score (nSPS) is 25.8. The van der Waals surface area contributed by atoms with Crippen LogP contribution in [0.5, 0.6) is 11.5 Å². The molecule has 14 nitrogen and oxygen atoms in total. The Bertz CT molecular complexity index is 2410. The van der Waals surface area contributed by atoms with E-state index < -0.39 is 68.9 Å². The first kappa shape index (κ1) is 47.5. The molecule has 4 fully saturated rings. The lowest BCUT2D eigenvalue weighted by Crippen LogP contribution is -2.59. The number of allylic oxidation sites excluding steroid dienone is 1. The van der Waals surface area contributed by atoms with E-state index in [-0.39, 0.29) is 31.2 Å². The third-order valence-corrected chi connectivity index (χ3v) is 14.7. The van der Waals surface area contributed by atoms with Gasteiger partial charge in [-0.1, -0.05) is 74.2 Å². The first-order valence-corrected chi connectivity index (χ1v) is 23.8. The second-order valence-electron chi connectivity index (χ2n) is 17.5. The summed E-state index contributed by atoms with van der Waals surface area (Å²) < 4.78 is 72.4. The van der Waals surface area contributed by atoms with Gasteiger partial charge in [-0.3, -0.25) is 19.1 Å². The number of benzene rings is 2. The molecule has 3 amide bonds. The highest BCUT2D eigenvalue weighted by Crippen LogP contribution is 2.46. The molecule has 3 saturated carbocycles. The number of halogens is 3. The van der Waals surface area contributed by atoms with E-state index in [0.717, 1.165) is 74.3 Å². The molecular formula is C47H56F3N5O9S. The van der Waals surface area contributed by atoms with Gasteiger partial charge in [0.2, 0.25) is 21.8 Å². The monoisotopic (exact) mass is 923 g/mol. The van der Waals surface area contributed by atoms with Gasteiger partial charge < -0.3 is 30.1 Å². The van der Waals surface area contributed by atoms with Crippen LogP contribution in [0.15, 0.2) is 67.3 Å². The summed E-state index contributed by atoms with van der Waals surface area (Å²) in [5, 5.41) is 13.9. The number of sulfonamides is 1. The van der Waals surface area contributed by atoms with E-state index in [4.69, 9.17) is 24.4 Å². The molecule has 1 saturated heterocycles. The molecular weight excluding hydrogens is 868 g/mol. The fourth-order valence-corrected chi connectivity index (χ4v) is 10.5. The van der Waals surface area contributed by atoms with Crippen molar-refractivity contribution >= 4 is 50.7 Å². The van der Waals surface area contributed by atoms with Crippen molar-refractivity contribution in [2.24, 2.45) is 11.8 Å². The zero-order chi connectivity index (χ0) is 46.5. The topological polar surface area (TPSA) is 193 Å². The molecule has 1 aromatic heterocycles. The molecule has 8 rings (SSSR count). The molecule has 2 aromatic carbocycles. The smallest absolute Gasteiger partial charge is 0.490 e. The second kappa shape index (κ2) is 19.9. The zero-order valence-electron chi connectivity index (χ0n) is 36.3. The van der Waals surface area contributed by atoms with Gasteiger partial charge in [0.25, 0.3) is 5.91 Å². The number of ether oxygens (including phenoxy) is 2. The number of fused-ring (bicyclic) bond motifs is 3. The lowest BCUT2D eigenvalue weighted by atomic mass is 9.83. The highest BCUT2D eigenvalue weighted by atomic mass is 32.2. The molecule has 18 heteroatoms. The van der Waals surface area contributed by atoms with Gasteiger partial charge in [0.05, 0.1) is 36.2 Å². The summed E-state index contributed by atoms with van der Waals surface area (Å²) in [4.78, 5) is 58.9. The summed E-state index contributed by atoms with van der Waals surface area (Å²) >= 11 is 0. The van der Waals surface area contributed by atoms with E-state index in [9.17, 15) is 36.0 Å². The minimum Gasteiger partial charge on any atom is -0.496 e. The number of aromatic nitrogens is 1. The van der Waals surface area contributed by atoms with Crippen LogP contribution in [0.25, 0.3) is 28.2 Å². The number of nitrogens with one attached hydrogen (secondary N) is 3. The fraction of sp³-hybridized carbons (Fsp3) is 0.511. The maximum Gasteiger partial charge on any atom is 0.490 e. The van der Waals surface area contributed by atoms with Crippen LogP contribution in [0.3, 0.4) is 0 Å². The number of pyridine rings is 1. The van der Waals surface area contributed by atoms with E-state index in [0.29, 0.717) is 42.1 Å². The van der Waals surface area contributed by atoms with Crippen LogP contribution in [0.4, 0.5) is 13.2 Å². The van der Waals surface area contributed by atoms with Crippen molar-refractivity contribution in [2.45, 2.75) is 119 Å². The standard InChI is InChI=1S/C45H55N5O7S.C2HF3O2/c1-3-32-27-45(32,44(53)49-58(54,55)34-20-21-34)48-42(51)38-24-33-28-50(38)43(52)41(30-17-12-8-13-18-30)46-22-14-6-4-5-9-19-31-23-35-37(26-39(31)56-2)47-36(25-40(35)57-33)29-15-10-7-11-16-29;3-2(4,5)1(6)7/h3,7,9-11,15-16,19,23,25-26,30,32-34,38,41,46H,1,4-6,8,12-14,17-18,20-22,24,27-28H2,2H3,(H,48,51)(H,49,53);(H,6,7)/b19-9+;/t32-,33-,38+,41+,45-;/m1./s1. The lowest BCUT2D eigenvalue weighted by Gasteiger charge is -2.35. The minimum atomic E-state index is -5.08. The van der Waals surface area contributed by atoms with Crippen LogP contribution in [0.1, 0.15) is 89.0 Å². The van der Waals surface area contributed by atoms with E-state index >= 15 is 0 Å². The third kappa shape index (κ3) is 11.1. The summed E-state index contributed by atoms with van der Waals surface area (Å²) in [7, 11) is -2.21. The molecule has 0 spiro atoms. The van der Waals surface area contributed by atoms with E-state index in [1.807, 2.05) is 48.5 Å². The molecule has 0 unspecified atom stereocenters. The summed E-state index contributed by atoms with van der Waals surface area (Å²) in [5.74, 6) is -3.26. The van der Waals surface area contributed by atoms with Gasteiger partial charge in [-0.05, 0) is 69.9 Å². The van der Waals surface area contributed by atoms with Crippen molar-refractivity contribution in [2.75, 3.05) is 20.2 Å². The van der Waals surface area contributed by atoms with Gasteiger partial charge in [-0.2, -0.15) is 13.2 Å². The summed E-state index contributed by atoms with van der Waals surface area (Å²) in [6.45, 7) is 4.68. The quantitative estimate of drug-likeness (QED) is 0.167. The second-order valence-corrected chi connectivity index (χ2v) is 19.5. The summed E-state index contributed by atoms with van der Waals surface area (Å²) in [6, 6.07) is 14.3. The van der Waals surface area contributed by atoms with Crippen LogP contribution in [0.2, 0.25) is 0 Å². The number of aliphatic carboxylic acids is 1. The fourth-order valence-electron chi connectivity index (χ4n) is 9.11. The highest BCUT2D eigenvalue weighted by Gasteiger charge is 2.62. The number of hydrogen-bond donors (Lipinski definition) is 4. The average Bonchev–Trinajstić information content (AvgIpc) is 4.22. The van der Waals surface area contributed by atoms with E-state index in [2.05, 4.69) is 34.1 Å². The number of carbonyl (C=O) groups is 4. The first-order chi connectivity index (χ1) is 31.0. The van der Waals surface area contributed by atoms with Gasteiger partial charge in [0.15, 0.2) is 0 Å². The molecule has 4 N–H and O–H groups in total. The molecule has 4 bridgehead atoms. The van der Waals surface area contributed by atoms with Gasteiger partial charge in [-0.15, -0.1) is 6.58 Å². The Labute approximate surface area is 376 Å². The number of carboxylic acids is 1. The molecule has 3 aromatic rings. The molecule has 0 radical (unpaired) electrons.